The summed E-state index contributed by atoms with van der Waals surface area (Å²) in [5.41, 5.74) is 2.10. The fraction of sp³-hybridized carbons (Fsp3) is 0.435. The van der Waals surface area contributed by atoms with Crippen molar-refractivity contribution in [2.75, 3.05) is 37.3 Å². The maximum absolute atomic E-state index is 13.4. The van der Waals surface area contributed by atoms with E-state index in [2.05, 4.69) is 10.2 Å². The monoisotopic (exact) mass is 459 g/mol. The predicted molar refractivity (Wildman–Crippen MR) is 125 cm³/mol. The first-order chi connectivity index (χ1) is 15.0. The molecule has 31 heavy (non-hydrogen) atoms. The highest BCUT2D eigenvalue weighted by molar-refractivity contribution is 7.98. The van der Waals surface area contributed by atoms with Crippen molar-refractivity contribution in [3.05, 3.63) is 53.6 Å². The van der Waals surface area contributed by atoms with Crippen LogP contribution in [-0.4, -0.2) is 51.1 Å². The zero-order valence-corrected chi connectivity index (χ0v) is 19.5. The Morgan fingerprint density at radius 3 is 2.26 bits per heavy atom. The number of sulfonamides is 1. The standard InChI is InChI=1S/C23H29N3O3S2/c1-30-20-9-6-18(7-10-20)17-24-23(27)19-8-11-21(25-12-2-3-13-25)22(16-19)31(28,29)26-14-4-5-15-26/h6-11,16H,2-5,12-15,17H2,1H3,(H,24,27). The van der Waals surface area contributed by atoms with E-state index in [4.69, 9.17) is 0 Å². The van der Waals surface area contributed by atoms with Gasteiger partial charge in [0.05, 0.1) is 5.69 Å². The van der Waals surface area contributed by atoms with Crippen molar-refractivity contribution < 1.29 is 13.2 Å². The summed E-state index contributed by atoms with van der Waals surface area (Å²) in [6.07, 6.45) is 5.90. The molecule has 1 N–H and O–H groups in total. The normalized spacial score (nSPS) is 17.3. The van der Waals surface area contributed by atoms with Crippen LogP contribution in [0.25, 0.3) is 0 Å². The van der Waals surface area contributed by atoms with Crippen molar-refractivity contribution in [2.45, 2.75) is 42.0 Å². The lowest BCUT2D eigenvalue weighted by molar-refractivity contribution is 0.0950. The summed E-state index contributed by atoms with van der Waals surface area (Å²) in [6.45, 7) is 3.18. The van der Waals surface area contributed by atoms with Crippen LogP contribution in [-0.2, 0) is 16.6 Å². The summed E-state index contributed by atoms with van der Waals surface area (Å²) in [5, 5.41) is 2.92. The third kappa shape index (κ3) is 4.91. The van der Waals surface area contributed by atoms with Gasteiger partial charge in [0.25, 0.3) is 5.91 Å². The maximum atomic E-state index is 13.4. The summed E-state index contributed by atoms with van der Waals surface area (Å²) >= 11 is 1.67. The number of hydrogen-bond acceptors (Lipinski definition) is 5. The van der Waals surface area contributed by atoms with Gasteiger partial charge in [-0.1, -0.05) is 12.1 Å². The molecule has 2 saturated heterocycles. The quantitative estimate of drug-likeness (QED) is 0.639. The number of hydrogen-bond donors (Lipinski definition) is 1. The first-order valence-electron chi connectivity index (χ1n) is 10.8. The van der Waals surface area contributed by atoms with Crippen LogP contribution in [0.3, 0.4) is 0 Å². The van der Waals surface area contributed by atoms with Gasteiger partial charge in [0.2, 0.25) is 10.0 Å². The molecule has 8 heteroatoms. The highest BCUT2D eigenvalue weighted by Gasteiger charge is 2.32. The fourth-order valence-corrected chi connectivity index (χ4v) is 6.34. The average molecular weight is 460 g/mol. The molecular weight excluding hydrogens is 430 g/mol. The molecule has 2 aromatic rings. The molecule has 0 aliphatic carbocycles. The molecule has 6 nitrogen and oxygen atoms in total. The predicted octanol–water partition coefficient (Wildman–Crippen LogP) is 3.72. The van der Waals surface area contributed by atoms with Crippen LogP contribution < -0.4 is 10.2 Å². The first kappa shape index (κ1) is 22.2. The molecule has 2 heterocycles. The second-order valence-electron chi connectivity index (χ2n) is 8.02. The zero-order valence-electron chi connectivity index (χ0n) is 17.8. The number of benzene rings is 2. The van der Waals surface area contributed by atoms with Gasteiger partial charge in [-0.05, 0) is 67.8 Å². The third-order valence-electron chi connectivity index (χ3n) is 5.96. The molecule has 2 aliphatic heterocycles. The molecule has 0 saturated carbocycles. The molecule has 0 radical (unpaired) electrons. The summed E-state index contributed by atoms with van der Waals surface area (Å²) in [5.74, 6) is -0.264. The van der Waals surface area contributed by atoms with Crippen molar-refractivity contribution in [1.29, 1.82) is 0 Å². The smallest absolute Gasteiger partial charge is 0.251 e. The van der Waals surface area contributed by atoms with Gasteiger partial charge in [-0.15, -0.1) is 11.8 Å². The number of carbonyl (C=O) groups is 1. The Morgan fingerprint density at radius 1 is 0.968 bits per heavy atom. The molecule has 0 spiro atoms. The van der Waals surface area contributed by atoms with Gasteiger partial charge in [-0.2, -0.15) is 4.31 Å². The lowest BCUT2D eigenvalue weighted by Gasteiger charge is -2.24. The Hall–Kier alpha value is -2.03. The minimum Gasteiger partial charge on any atom is -0.370 e. The molecule has 1 amide bonds. The maximum Gasteiger partial charge on any atom is 0.251 e. The van der Waals surface area contributed by atoms with E-state index in [1.54, 1.807) is 34.3 Å². The SMILES string of the molecule is CSc1ccc(CNC(=O)c2ccc(N3CCCC3)c(S(=O)(=O)N3CCCC3)c2)cc1. The number of nitrogens with one attached hydrogen (secondary N) is 1. The van der Waals surface area contributed by atoms with E-state index in [0.717, 1.165) is 44.3 Å². The number of carbonyl (C=O) groups excluding carboxylic acids is 1. The van der Waals surface area contributed by atoms with Crippen LogP contribution >= 0.6 is 11.8 Å². The van der Waals surface area contributed by atoms with Crippen molar-refractivity contribution in [2.24, 2.45) is 0 Å². The van der Waals surface area contributed by atoms with Crippen molar-refractivity contribution in [3.63, 3.8) is 0 Å². The van der Waals surface area contributed by atoms with Crippen molar-refractivity contribution in [1.82, 2.24) is 9.62 Å². The van der Waals surface area contributed by atoms with E-state index in [0.29, 0.717) is 30.9 Å². The zero-order chi connectivity index (χ0) is 21.8. The second kappa shape index (κ2) is 9.63. The van der Waals surface area contributed by atoms with Crippen LogP contribution in [0.5, 0.6) is 0 Å². The number of rotatable bonds is 7. The van der Waals surface area contributed by atoms with Crippen molar-refractivity contribution in [3.8, 4) is 0 Å². The van der Waals surface area contributed by atoms with E-state index in [1.807, 2.05) is 30.5 Å². The Morgan fingerprint density at radius 2 is 1.61 bits per heavy atom. The molecule has 2 fully saturated rings. The summed E-state index contributed by atoms with van der Waals surface area (Å²) in [7, 11) is -3.63. The Kier molecular flexibility index (Phi) is 6.89. The first-order valence-corrected chi connectivity index (χ1v) is 13.5. The van der Waals surface area contributed by atoms with Gasteiger partial charge in [0.1, 0.15) is 4.90 Å². The summed E-state index contributed by atoms with van der Waals surface area (Å²) in [6, 6.07) is 13.1. The molecule has 2 aliphatic rings. The highest BCUT2D eigenvalue weighted by Crippen LogP contribution is 2.32. The van der Waals surface area contributed by atoms with E-state index >= 15 is 0 Å². The lowest BCUT2D eigenvalue weighted by Crippen LogP contribution is -2.31. The van der Waals surface area contributed by atoms with Gasteiger partial charge in [0.15, 0.2) is 0 Å². The third-order valence-corrected chi connectivity index (χ3v) is 8.64. The molecule has 0 bridgehead atoms. The van der Waals surface area contributed by atoms with E-state index in [-0.39, 0.29) is 10.8 Å². The van der Waals surface area contributed by atoms with Gasteiger partial charge < -0.3 is 10.2 Å². The van der Waals surface area contributed by atoms with E-state index < -0.39 is 10.0 Å². The van der Waals surface area contributed by atoms with Gasteiger partial charge in [-0.3, -0.25) is 4.79 Å². The second-order valence-corrected chi connectivity index (χ2v) is 10.8. The van der Waals surface area contributed by atoms with Crippen LogP contribution in [0.2, 0.25) is 0 Å². The number of amides is 1. The Labute approximate surface area is 189 Å². The summed E-state index contributed by atoms with van der Waals surface area (Å²) < 4.78 is 28.3. The van der Waals surface area contributed by atoms with Crippen LogP contribution in [0.15, 0.2) is 52.3 Å². The topological polar surface area (TPSA) is 69.7 Å². The van der Waals surface area contributed by atoms with E-state index in [9.17, 15) is 13.2 Å². The number of nitrogens with zero attached hydrogens (tertiary/aromatic N) is 2. The van der Waals surface area contributed by atoms with Crippen LogP contribution in [0.1, 0.15) is 41.6 Å². The van der Waals surface area contributed by atoms with Crippen LogP contribution in [0, 0.1) is 0 Å². The fourth-order valence-electron chi connectivity index (χ4n) is 4.18. The Balaban J connectivity index is 1.58. The summed E-state index contributed by atoms with van der Waals surface area (Å²) in [4.78, 5) is 16.4. The lowest BCUT2D eigenvalue weighted by atomic mass is 10.1. The van der Waals surface area contributed by atoms with E-state index in [1.165, 1.54) is 4.90 Å². The number of anilines is 1. The average Bonchev–Trinajstić information content (AvgIpc) is 3.52. The molecule has 0 unspecified atom stereocenters. The Bertz CT molecular complexity index is 1030. The highest BCUT2D eigenvalue weighted by atomic mass is 32.2. The largest absolute Gasteiger partial charge is 0.370 e. The molecular formula is C23H29N3O3S2. The van der Waals surface area contributed by atoms with Gasteiger partial charge in [0, 0.05) is 43.2 Å². The van der Waals surface area contributed by atoms with Crippen LogP contribution in [0.4, 0.5) is 5.69 Å². The minimum absolute atomic E-state index is 0.258. The van der Waals surface area contributed by atoms with Gasteiger partial charge >= 0.3 is 0 Å². The molecule has 2 aromatic carbocycles. The number of thioether (sulfide) groups is 1. The van der Waals surface area contributed by atoms with Gasteiger partial charge in [-0.25, -0.2) is 8.42 Å². The molecule has 166 valence electrons. The molecule has 0 aromatic heterocycles. The molecule has 4 rings (SSSR count). The molecule has 0 atom stereocenters. The minimum atomic E-state index is -3.63. The van der Waals surface area contributed by atoms with Crippen molar-refractivity contribution >= 4 is 33.4 Å².